The van der Waals surface area contributed by atoms with Gasteiger partial charge in [-0.3, -0.25) is 37.3 Å². The molecular formula is C30H42N7O18P3S. The van der Waals surface area contributed by atoms with E-state index in [2.05, 4.69) is 34.4 Å². The van der Waals surface area contributed by atoms with Crippen molar-refractivity contribution in [1.29, 1.82) is 0 Å². The molecule has 3 heterocycles. The number of Topliss-reactive ketones (excluding diaryl/α,β-unsaturated/α-hetero) is 1. The minimum atomic E-state index is -5.59. The van der Waals surface area contributed by atoms with Gasteiger partial charge in [0.1, 0.15) is 36.3 Å². The summed E-state index contributed by atoms with van der Waals surface area (Å²) in [5, 5.41) is 25.9. The average molecular weight is 914 g/mol. The van der Waals surface area contributed by atoms with Crippen molar-refractivity contribution in [2.75, 3.05) is 37.8 Å². The van der Waals surface area contributed by atoms with E-state index >= 15 is 0 Å². The number of carbonyl (C=O) groups excluding carboxylic acids is 4. The second-order valence-corrected chi connectivity index (χ2v) is 18.6. The van der Waals surface area contributed by atoms with Crippen LogP contribution in [0.1, 0.15) is 43.3 Å². The van der Waals surface area contributed by atoms with Crippen LogP contribution in [-0.4, -0.2) is 128 Å². The third-order valence-electron chi connectivity index (χ3n) is 8.17. The van der Waals surface area contributed by atoms with Crippen molar-refractivity contribution in [3.05, 3.63) is 48.5 Å². The van der Waals surface area contributed by atoms with Crippen LogP contribution in [-0.2, 0) is 50.7 Å². The van der Waals surface area contributed by atoms with Gasteiger partial charge in [-0.2, -0.15) is 4.31 Å². The van der Waals surface area contributed by atoms with E-state index in [4.69, 9.17) is 19.5 Å². The van der Waals surface area contributed by atoms with Crippen molar-refractivity contribution in [3.8, 4) is 0 Å². The number of thioether (sulfide) groups is 1. The number of nitrogens with one attached hydrogen (secondary N) is 2. The van der Waals surface area contributed by atoms with Gasteiger partial charge in [0.25, 0.3) is 0 Å². The molecule has 1 aliphatic rings. The third kappa shape index (κ3) is 14.3. The number of anilines is 1. The molecule has 1 aliphatic heterocycles. The summed E-state index contributed by atoms with van der Waals surface area (Å²) in [6.07, 6.45) is -7.36. The molecule has 59 heavy (non-hydrogen) atoms. The van der Waals surface area contributed by atoms with Crippen molar-refractivity contribution in [3.63, 3.8) is 0 Å². The molecule has 0 aliphatic carbocycles. The van der Waals surface area contributed by atoms with Crippen LogP contribution in [0.2, 0.25) is 0 Å². The number of fused-ring (bicyclic) bond motifs is 1. The van der Waals surface area contributed by atoms with Crippen LogP contribution in [0, 0.1) is 5.41 Å². The number of nitrogen functional groups attached to an aromatic ring is 1. The number of nitrogens with two attached hydrogens (primary N) is 1. The Balaban J connectivity index is 1.20. The molecule has 2 aromatic heterocycles. The van der Waals surface area contributed by atoms with E-state index < -0.39 is 84.6 Å². The molecule has 1 aromatic carbocycles. The molecule has 3 aromatic rings. The molecule has 0 radical (unpaired) electrons. The molecule has 0 saturated carbocycles. The minimum absolute atomic E-state index is 0.0225. The van der Waals surface area contributed by atoms with Crippen molar-refractivity contribution in [1.82, 2.24) is 30.2 Å². The van der Waals surface area contributed by atoms with Crippen LogP contribution >= 0.6 is 35.2 Å². The molecule has 2 unspecified atom stereocenters. The van der Waals surface area contributed by atoms with Crippen molar-refractivity contribution >= 4 is 74.9 Å². The second kappa shape index (κ2) is 20.3. The Morgan fingerprint density at radius 2 is 1.68 bits per heavy atom. The number of hydrogen-bond donors (Lipinski definition) is 9. The molecule has 1 saturated heterocycles. The Morgan fingerprint density at radius 3 is 2.36 bits per heavy atom. The Morgan fingerprint density at radius 1 is 1.00 bits per heavy atom. The summed E-state index contributed by atoms with van der Waals surface area (Å²) >= 11 is 0.872. The first-order chi connectivity index (χ1) is 27.5. The minimum Gasteiger partial charge on any atom is -0.386 e. The maximum atomic E-state index is 12.7. The number of amides is 2. The predicted molar refractivity (Wildman–Crippen MR) is 202 cm³/mol. The summed E-state index contributed by atoms with van der Waals surface area (Å²) in [5.74, 6) is -1.70. The first-order valence-electron chi connectivity index (χ1n) is 17.1. The van der Waals surface area contributed by atoms with Gasteiger partial charge in [0.05, 0.1) is 26.0 Å². The van der Waals surface area contributed by atoms with Gasteiger partial charge in [-0.15, -0.1) is 0 Å². The van der Waals surface area contributed by atoms with E-state index in [9.17, 15) is 62.7 Å². The van der Waals surface area contributed by atoms with Crippen molar-refractivity contribution in [2.45, 2.75) is 57.3 Å². The monoisotopic (exact) mass is 913 g/mol. The quantitative estimate of drug-likeness (QED) is 0.0276. The number of ether oxygens (including phenoxy) is 1. The molecule has 7 atom stereocenters. The highest BCUT2D eigenvalue weighted by molar-refractivity contribution is 8.13. The first-order valence-corrected chi connectivity index (χ1v) is 22.6. The number of aliphatic hydroxyl groups is 2. The normalized spacial score (nSPS) is 21.0. The molecule has 0 bridgehead atoms. The van der Waals surface area contributed by atoms with Crippen LogP contribution in [0.4, 0.5) is 5.82 Å². The molecular weight excluding hydrogens is 871 g/mol. The fourth-order valence-electron chi connectivity index (χ4n) is 5.20. The van der Waals surface area contributed by atoms with Gasteiger partial charge in [-0.1, -0.05) is 55.9 Å². The van der Waals surface area contributed by atoms with Gasteiger partial charge in [0, 0.05) is 36.2 Å². The lowest BCUT2D eigenvalue weighted by molar-refractivity contribution is -0.137. The number of imidazole rings is 1. The zero-order chi connectivity index (χ0) is 43.8. The smallest absolute Gasteiger partial charge is 0.386 e. The van der Waals surface area contributed by atoms with Gasteiger partial charge in [0.2, 0.25) is 11.8 Å². The maximum absolute atomic E-state index is 12.7. The highest BCUT2D eigenvalue weighted by Gasteiger charge is 2.50. The number of aliphatic hydroxyl groups excluding tert-OH is 2. The summed E-state index contributed by atoms with van der Waals surface area (Å²) in [6.45, 7) is 0.255. The van der Waals surface area contributed by atoms with Gasteiger partial charge < -0.3 is 50.9 Å². The van der Waals surface area contributed by atoms with Crippen molar-refractivity contribution < 1.29 is 85.3 Å². The van der Waals surface area contributed by atoms with Gasteiger partial charge in [0.15, 0.2) is 28.6 Å². The van der Waals surface area contributed by atoms with Gasteiger partial charge in [-0.25, -0.2) is 28.6 Å². The number of carbonyl (C=O) groups is 4. The highest BCUT2D eigenvalue weighted by Crippen LogP contribution is 2.61. The number of phosphoric ester groups is 3. The number of hydrogen-bond acceptors (Lipinski definition) is 19. The molecule has 10 N–H and O–H groups in total. The number of rotatable bonds is 22. The van der Waals surface area contributed by atoms with Gasteiger partial charge in [-0.05, 0) is 0 Å². The number of nitrogens with zero attached hydrogens (tertiary/aromatic N) is 4. The van der Waals surface area contributed by atoms with E-state index in [1.54, 1.807) is 30.3 Å². The second-order valence-electron chi connectivity index (χ2n) is 13.3. The van der Waals surface area contributed by atoms with Gasteiger partial charge >= 0.3 is 23.5 Å². The van der Waals surface area contributed by atoms with E-state index in [1.807, 2.05) is 0 Å². The van der Waals surface area contributed by atoms with E-state index in [-0.39, 0.29) is 59.6 Å². The highest BCUT2D eigenvalue weighted by atomic mass is 32.2. The summed E-state index contributed by atoms with van der Waals surface area (Å²) in [7, 11) is -16.4. The summed E-state index contributed by atoms with van der Waals surface area (Å²) in [6, 6.07) is 8.29. The Labute approximate surface area is 338 Å². The number of phosphoric acid groups is 3. The largest absolute Gasteiger partial charge is 0.481 e. The van der Waals surface area contributed by atoms with Crippen LogP contribution in [0.25, 0.3) is 11.2 Å². The van der Waals surface area contributed by atoms with Crippen LogP contribution < -0.4 is 16.4 Å². The lowest BCUT2D eigenvalue weighted by Gasteiger charge is -2.30. The Kier molecular flexibility index (Phi) is 16.6. The van der Waals surface area contributed by atoms with Crippen LogP contribution in [0.15, 0.2) is 43.0 Å². The van der Waals surface area contributed by atoms with Crippen LogP contribution in [0.3, 0.4) is 0 Å². The SMILES string of the molecule is CC(C)(COP(=O)(O)OP(=O)(O)OC[C@H]1O[C@@H](n2cnc3c(N)ncnc32)[C@H](O)[C@@H]1OP(=O)(O)O)[C@@H](O)C(=O)NCCC(=O)NCCSC(=O)CC(=O)c1ccccc1. The fraction of sp³-hybridized carbons (Fsp3) is 0.500. The maximum Gasteiger partial charge on any atom is 0.481 e. The molecule has 4 rings (SSSR count). The zero-order valence-electron chi connectivity index (χ0n) is 31.1. The number of ketones is 1. The van der Waals surface area contributed by atoms with E-state index in [0.29, 0.717) is 5.56 Å². The summed E-state index contributed by atoms with van der Waals surface area (Å²) in [4.78, 5) is 99.9. The molecule has 25 nitrogen and oxygen atoms in total. The number of benzene rings is 1. The summed E-state index contributed by atoms with van der Waals surface area (Å²) in [5.41, 5.74) is 4.63. The topological polar surface area (TPSA) is 381 Å². The molecule has 326 valence electrons. The first kappa shape index (κ1) is 48.1. The van der Waals surface area contributed by atoms with E-state index in [1.165, 1.54) is 13.8 Å². The lowest BCUT2D eigenvalue weighted by atomic mass is 9.87. The van der Waals surface area contributed by atoms with Crippen molar-refractivity contribution in [2.24, 2.45) is 5.41 Å². The Bertz CT molecular complexity index is 2130. The Hall–Kier alpha value is -3.55. The molecule has 2 amide bonds. The molecule has 0 spiro atoms. The molecule has 1 fully saturated rings. The lowest BCUT2D eigenvalue weighted by Crippen LogP contribution is -2.46. The van der Waals surface area contributed by atoms with E-state index in [0.717, 1.165) is 29.0 Å². The van der Waals surface area contributed by atoms with Crippen LogP contribution in [0.5, 0.6) is 0 Å². The number of aromatic nitrogens is 4. The summed E-state index contributed by atoms with van der Waals surface area (Å²) < 4.78 is 62.1. The predicted octanol–water partition coefficient (Wildman–Crippen LogP) is -0.0623. The zero-order valence-corrected chi connectivity index (χ0v) is 34.6. The standard InChI is InChI=1S/C30H42N7O18P3S/c1-30(2,25(42)28(43)33-9-8-20(39)32-10-11-59-21(40)12-18(38)17-6-4-3-5-7-17)14-52-58(49,50)55-57(47,48)51-13-19-24(54-56(44,45)46)23(41)29(53-19)37-16-36-22-26(31)34-15-35-27(22)37/h3-7,15-16,19,23-25,29,41-42H,8-14H2,1-2H3,(H,32,39)(H,33,43)(H,47,48)(H,49,50)(H2,31,34,35)(H2,44,45,46)/t19-,23-,24-,25+,29-/m1/s1. The average Bonchev–Trinajstić information content (AvgIpc) is 3.71. The third-order valence-corrected chi connectivity index (χ3v) is 12.1. The fourth-order valence-corrected chi connectivity index (χ4v) is 8.70. The molecule has 29 heteroatoms.